The maximum absolute atomic E-state index is 5.87. The van der Waals surface area contributed by atoms with E-state index < -0.39 is 0 Å². The number of nitrogens with two attached hydrogens (primary N) is 1. The number of nitrogen functional groups attached to an aromatic ring is 1. The van der Waals surface area contributed by atoms with Crippen molar-refractivity contribution in [3.05, 3.63) is 30.3 Å². The van der Waals surface area contributed by atoms with E-state index in [0.29, 0.717) is 6.10 Å². The number of benzene rings is 1. The van der Waals surface area contributed by atoms with Crippen molar-refractivity contribution < 1.29 is 4.74 Å². The quantitative estimate of drug-likeness (QED) is 0.803. The van der Waals surface area contributed by atoms with E-state index >= 15 is 0 Å². The zero-order valence-electron chi connectivity index (χ0n) is 9.73. The van der Waals surface area contributed by atoms with Gasteiger partial charge in [-0.3, -0.25) is 0 Å². The van der Waals surface area contributed by atoms with Gasteiger partial charge in [0.15, 0.2) is 0 Å². The van der Waals surface area contributed by atoms with Crippen LogP contribution >= 0.6 is 0 Å². The highest BCUT2D eigenvalue weighted by molar-refractivity contribution is 5.82. The molecule has 2 N–H and O–H groups in total. The molecule has 1 aromatic carbocycles. The summed E-state index contributed by atoms with van der Waals surface area (Å²) in [5.74, 6) is 0.731. The standard InChI is InChI=1S/C14H16N2O/c15-11-6-7-13-10(9-11)5-8-14(16-13)17-12-3-1-2-4-12/h5-9,12H,1-4,15H2. The van der Waals surface area contributed by atoms with Crippen molar-refractivity contribution in [3.63, 3.8) is 0 Å². The SMILES string of the molecule is Nc1ccc2nc(OC3CCCC3)ccc2c1. The highest BCUT2D eigenvalue weighted by Gasteiger charge is 2.16. The third-order valence-corrected chi connectivity index (χ3v) is 3.28. The number of hydrogen-bond donors (Lipinski definition) is 1. The van der Waals surface area contributed by atoms with Crippen LogP contribution in [0.1, 0.15) is 25.7 Å². The molecule has 3 rings (SSSR count). The van der Waals surface area contributed by atoms with Gasteiger partial charge in [-0.1, -0.05) is 0 Å². The Labute approximate surface area is 101 Å². The third-order valence-electron chi connectivity index (χ3n) is 3.28. The summed E-state index contributed by atoms with van der Waals surface area (Å²) in [4.78, 5) is 4.50. The summed E-state index contributed by atoms with van der Waals surface area (Å²) in [6.45, 7) is 0. The molecule has 0 unspecified atom stereocenters. The van der Waals surface area contributed by atoms with E-state index in [1.165, 1.54) is 12.8 Å². The normalized spacial score (nSPS) is 16.5. The zero-order valence-corrected chi connectivity index (χ0v) is 9.73. The van der Waals surface area contributed by atoms with Crippen molar-refractivity contribution in [1.82, 2.24) is 4.98 Å². The summed E-state index contributed by atoms with van der Waals surface area (Å²) in [7, 11) is 0. The Kier molecular flexibility index (Phi) is 2.59. The Balaban J connectivity index is 1.88. The van der Waals surface area contributed by atoms with Gasteiger partial charge in [-0.25, -0.2) is 4.98 Å². The van der Waals surface area contributed by atoms with Gasteiger partial charge in [-0.05, 0) is 49.9 Å². The lowest BCUT2D eigenvalue weighted by atomic mass is 10.2. The molecule has 0 amide bonds. The fourth-order valence-electron chi connectivity index (χ4n) is 2.37. The highest BCUT2D eigenvalue weighted by Crippen LogP contribution is 2.25. The number of fused-ring (bicyclic) bond motifs is 1. The van der Waals surface area contributed by atoms with Gasteiger partial charge in [-0.2, -0.15) is 0 Å². The zero-order chi connectivity index (χ0) is 11.7. The molecule has 1 heterocycles. The predicted octanol–water partition coefficient (Wildman–Crippen LogP) is 3.14. The Bertz CT molecular complexity index is 533. The van der Waals surface area contributed by atoms with E-state index in [4.69, 9.17) is 10.5 Å². The molecule has 17 heavy (non-hydrogen) atoms. The summed E-state index contributed by atoms with van der Waals surface area (Å²) < 4.78 is 5.87. The minimum atomic E-state index is 0.355. The number of hydrogen-bond acceptors (Lipinski definition) is 3. The molecule has 0 radical (unpaired) electrons. The second-order valence-corrected chi connectivity index (χ2v) is 4.63. The first-order valence-corrected chi connectivity index (χ1v) is 6.14. The fourth-order valence-corrected chi connectivity index (χ4v) is 2.37. The lowest BCUT2D eigenvalue weighted by Gasteiger charge is -2.12. The first-order valence-electron chi connectivity index (χ1n) is 6.14. The van der Waals surface area contributed by atoms with E-state index in [2.05, 4.69) is 4.98 Å². The van der Waals surface area contributed by atoms with Crippen LogP contribution in [0.4, 0.5) is 5.69 Å². The molecule has 0 atom stereocenters. The monoisotopic (exact) mass is 228 g/mol. The van der Waals surface area contributed by atoms with Crippen LogP contribution in [0, 0.1) is 0 Å². The van der Waals surface area contributed by atoms with Gasteiger partial charge >= 0.3 is 0 Å². The average Bonchev–Trinajstić information content (AvgIpc) is 2.82. The topological polar surface area (TPSA) is 48.1 Å². The van der Waals surface area contributed by atoms with E-state index in [9.17, 15) is 0 Å². The highest BCUT2D eigenvalue weighted by atomic mass is 16.5. The van der Waals surface area contributed by atoms with Gasteiger partial charge < -0.3 is 10.5 Å². The maximum Gasteiger partial charge on any atom is 0.214 e. The minimum absolute atomic E-state index is 0.355. The van der Waals surface area contributed by atoms with E-state index in [-0.39, 0.29) is 0 Å². The van der Waals surface area contributed by atoms with E-state index in [0.717, 1.165) is 35.3 Å². The summed E-state index contributed by atoms with van der Waals surface area (Å²) in [5, 5.41) is 1.06. The van der Waals surface area contributed by atoms with Crippen LogP contribution in [-0.4, -0.2) is 11.1 Å². The van der Waals surface area contributed by atoms with Gasteiger partial charge in [0.25, 0.3) is 0 Å². The third kappa shape index (κ3) is 2.18. The van der Waals surface area contributed by atoms with E-state index in [1.54, 1.807) is 0 Å². The van der Waals surface area contributed by atoms with Crippen LogP contribution in [-0.2, 0) is 0 Å². The van der Waals surface area contributed by atoms with Crippen LogP contribution in [0.15, 0.2) is 30.3 Å². The first kappa shape index (κ1) is 10.4. The van der Waals surface area contributed by atoms with Crippen LogP contribution in [0.3, 0.4) is 0 Å². The second-order valence-electron chi connectivity index (χ2n) is 4.63. The van der Waals surface area contributed by atoms with Crippen molar-refractivity contribution in [1.29, 1.82) is 0 Å². The predicted molar refractivity (Wildman–Crippen MR) is 69.0 cm³/mol. The molecule has 0 spiro atoms. The van der Waals surface area contributed by atoms with Crippen LogP contribution < -0.4 is 10.5 Å². The van der Waals surface area contributed by atoms with Crippen LogP contribution in [0.2, 0.25) is 0 Å². The van der Waals surface area contributed by atoms with Gasteiger partial charge in [-0.15, -0.1) is 0 Å². The molecule has 1 aliphatic rings. The van der Waals surface area contributed by atoms with Gasteiger partial charge in [0, 0.05) is 17.1 Å². The summed E-state index contributed by atoms with van der Waals surface area (Å²) in [6.07, 6.45) is 5.21. The van der Waals surface area contributed by atoms with Gasteiger partial charge in [0.1, 0.15) is 6.10 Å². The smallest absolute Gasteiger partial charge is 0.214 e. The number of aromatic nitrogens is 1. The average molecular weight is 228 g/mol. The summed E-state index contributed by atoms with van der Waals surface area (Å²) in [6, 6.07) is 9.69. The van der Waals surface area contributed by atoms with Crippen molar-refractivity contribution in [2.24, 2.45) is 0 Å². The van der Waals surface area contributed by atoms with Crippen molar-refractivity contribution in [2.45, 2.75) is 31.8 Å². The molecule has 0 bridgehead atoms. The molecule has 2 aromatic rings. The largest absolute Gasteiger partial charge is 0.474 e. The maximum atomic E-state index is 5.87. The molecule has 1 fully saturated rings. The molecule has 1 aromatic heterocycles. The van der Waals surface area contributed by atoms with Crippen molar-refractivity contribution in [2.75, 3.05) is 5.73 Å². The summed E-state index contributed by atoms with van der Waals surface area (Å²) in [5.41, 5.74) is 7.44. The molecular weight excluding hydrogens is 212 g/mol. The molecular formula is C14H16N2O. The lowest BCUT2D eigenvalue weighted by molar-refractivity contribution is 0.202. The number of anilines is 1. The molecule has 3 heteroatoms. The number of nitrogens with zero attached hydrogens (tertiary/aromatic N) is 1. The van der Waals surface area contributed by atoms with Gasteiger partial charge in [0.2, 0.25) is 5.88 Å². The molecule has 0 aliphatic heterocycles. The molecule has 1 saturated carbocycles. The van der Waals surface area contributed by atoms with Crippen molar-refractivity contribution >= 4 is 16.6 Å². The molecule has 3 nitrogen and oxygen atoms in total. The Morgan fingerprint density at radius 3 is 2.76 bits per heavy atom. The number of rotatable bonds is 2. The van der Waals surface area contributed by atoms with Crippen LogP contribution in [0.5, 0.6) is 5.88 Å². The molecule has 88 valence electrons. The van der Waals surface area contributed by atoms with Gasteiger partial charge in [0.05, 0.1) is 5.52 Å². The molecule has 1 aliphatic carbocycles. The second kappa shape index (κ2) is 4.24. The lowest BCUT2D eigenvalue weighted by Crippen LogP contribution is -2.11. The number of ether oxygens (including phenoxy) is 1. The minimum Gasteiger partial charge on any atom is -0.474 e. The fraction of sp³-hybridized carbons (Fsp3) is 0.357. The Hall–Kier alpha value is -1.77. The van der Waals surface area contributed by atoms with E-state index in [1.807, 2.05) is 30.3 Å². The number of pyridine rings is 1. The summed E-state index contributed by atoms with van der Waals surface area (Å²) >= 11 is 0. The first-order chi connectivity index (χ1) is 8.31. The molecule has 0 saturated heterocycles. The Morgan fingerprint density at radius 2 is 1.94 bits per heavy atom. The van der Waals surface area contributed by atoms with Crippen LogP contribution in [0.25, 0.3) is 10.9 Å². The Morgan fingerprint density at radius 1 is 1.12 bits per heavy atom. The van der Waals surface area contributed by atoms with Crippen molar-refractivity contribution in [3.8, 4) is 5.88 Å².